The van der Waals surface area contributed by atoms with Crippen molar-refractivity contribution < 1.29 is 4.79 Å². The van der Waals surface area contributed by atoms with E-state index in [0.29, 0.717) is 37.9 Å². The highest BCUT2D eigenvalue weighted by Crippen LogP contribution is 2.38. The molecule has 1 aliphatic carbocycles. The van der Waals surface area contributed by atoms with Gasteiger partial charge in [0.05, 0.1) is 18.2 Å². The Bertz CT molecular complexity index is 1100. The lowest BCUT2D eigenvalue weighted by Crippen LogP contribution is -2.54. The first kappa shape index (κ1) is 18.5. The van der Waals surface area contributed by atoms with Crippen LogP contribution in [0.2, 0.25) is 0 Å². The van der Waals surface area contributed by atoms with Gasteiger partial charge in [-0.1, -0.05) is 0 Å². The van der Waals surface area contributed by atoms with Crippen LogP contribution in [-0.2, 0) is 11.3 Å². The van der Waals surface area contributed by atoms with Crippen LogP contribution < -0.4 is 15.8 Å². The number of rotatable bonds is 7. The van der Waals surface area contributed by atoms with E-state index >= 15 is 0 Å². The number of carbonyl (C=O) groups is 1. The van der Waals surface area contributed by atoms with E-state index in [1.807, 2.05) is 29.3 Å². The molecule has 0 unspecified atom stereocenters. The van der Waals surface area contributed by atoms with Gasteiger partial charge < -0.3 is 10.2 Å². The summed E-state index contributed by atoms with van der Waals surface area (Å²) in [5, 5.41) is 11.5. The van der Waals surface area contributed by atoms with Crippen molar-refractivity contribution >= 4 is 11.7 Å². The Morgan fingerprint density at radius 3 is 2.77 bits per heavy atom. The highest BCUT2D eigenvalue weighted by atomic mass is 16.2. The van der Waals surface area contributed by atoms with Crippen molar-refractivity contribution in [1.29, 1.82) is 0 Å². The number of amides is 1. The molecule has 1 saturated heterocycles. The molecule has 4 heterocycles. The molecule has 1 amide bonds. The molecule has 1 saturated carbocycles. The zero-order chi connectivity index (χ0) is 20.5. The van der Waals surface area contributed by atoms with E-state index in [0.717, 1.165) is 24.4 Å². The Hall–Kier alpha value is -3.56. The summed E-state index contributed by atoms with van der Waals surface area (Å²) in [6, 6.07) is 7.05. The molecule has 1 aliphatic heterocycles. The third-order valence-electron chi connectivity index (χ3n) is 5.46. The van der Waals surface area contributed by atoms with Crippen LogP contribution in [0, 0.1) is 5.92 Å². The summed E-state index contributed by atoms with van der Waals surface area (Å²) in [7, 11) is 0. The van der Waals surface area contributed by atoms with E-state index < -0.39 is 0 Å². The summed E-state index contributed by atoms with van der Waals surface area (Å²) in [6.07, 6.45) is 7.28. The Kier molecular flexibility index (Phi) is 4.74. The van der Waals surface area contributed by atoms with E-state index in [9.17, 15) is 9.59 Å². The standard InChI is InChI=1S/C20H22N8O2/c29-19-5-4-16(14-2-3-14)25-28(19)9-7-21-20(30)15-11-26(12-15)17-10-18(23-13-22-17)27-8-1-6-24-27/h1,4-6,8,10,13-15H,2-3,7,9,11-12H2,(H,21,30). The molecular weight excluding hydrogens is 384 g/mol. The number of aromatic nitrogens is 6. The molecule has 10 nitrogen and oxygen atoms in total. The average Bonchev–Trinajstić information content (AvgIpc) is 3.42. The second-order valence-electron chi connectivity index (χ2n) is 7.67. The van der Waals surface area contributed by atoms with Gasteiger partial charge in [-0.05, 0) is 25.0 Å². The maximum atomic E-state index is 12.4. The third kappa shape index (κ3) is 3.80. The van der Waals surface area contributed by atoms with Gasteiger partial charge in [0.25, 0.3) is 5.56 Å². The van der Waals surface area contributed by atoms with E-state index in [1.54, 1.807) is 16.9 Å². The predicted molar refractivity (Wildman–Crippen MR) is 108 cm³/mol. The SMILES string of the molecule is O=C(NCCn1nc(C2CC2)ccc1=O)C1CN(c2cc(-n3cccn3)ncn2)C1. The Balaban J connectivity index is 1.12. The molecule has 154 valence electrons. The molecule has 1 N–H and O–H groups in total. The zero-order valence-corrected chi connectivity index (χ0v) is 16.4. The molecule has 2 aliphatic rings. The molecule has 0 aromatic carbocycles. The number of nitrogens with one attached hydrogen (secondary N) is 1. The van der Waals surface area contributed by atoms with Crippen LogP contribution in [0.25, 0.3) is 5.82 Å². The number of hydrogen-bond donors (Lipinski definition) is 1. The minimum atomic E-state index is -0.139. The van der Waals surface area contributed by atoms with Crippen LogP contribution in [0.15, 0.2) is 47.8 Å². The van der Waals surface area contributed by atoms with Gasteiger partial charge >= 0.3 is 0 Å². The fraction of sp³-hybridized carbons (Fsp3) is 0.400. The molecule has 2 fully saturated rings. The summed E-state index contributed by atoms with van der Waals surface area (Å²) in [6.45, 7) is 1.95. The average molecular weight is 406 g/mol. The molecule has 3 aromatic rings. The molecule has 0 bridgehead atoms. The van der Waals surface area contributed by atoms with Gasteiger partial charge in [0, 0.05) is 50.1 Å². The lowest BCUT2D eigenvalue weighted by molar-refractivity contribution is -0.125. The summed E-state index contributed by atoms with van der Waals surface area (Å²) >= 11 is 0. The highest BCUT2D eigenvalue weighted by molar-refractivity contribution is 5.81. The van der Waals surface area contributed by atoms with Crippen LogP contribution >= 0.6 is 0 Å². The number of carbonyl (C=O) groups excluding carboxylic acids is 1. The van der Waals surface area contributed by atoms with E-state index in [-0.39, 0.29) is 17.4 Å². The number of anilines is 1. The molecule has 0 atom stereocenters. The first-order valence-electron chi connectivity index (χ1n) is 10.1. The van der Waals surface area contributed by atoms with E-state index in [4.69, 9.17) is 0 Å². The molecular formula is C20H22N8O2. The third-order valence-corrected chi connectivity index (χ3v) is 5.46. The Morgan fingerprint density at radius 1 is 1.17 bits per heavy atom. The van der Waals surface area contributed by atoms with Gasteiger partial charge in [-0.2, -0.15) is 10.2 Å². The van der Waals surface area contributed by atoms with Crippen molar-refractivity contribution in [2.45, 2.75) is 25.3 Å². The van der Waals surface area contributed by atoms with Crippen LogP contribution in [0.5, 0.6) is 0 Å². The predicted octanol–water partition coefficient (Wildman–Crippen LogP) is 0.349. The molecule has 0 spiro atoms. The van der Waals surface area contributed by atoms with Crippen molar-refractivity contribution in [2.75, 3.05) is 24.5 Å². The summed E-state index contributed by atoms with van der Waals surface area (Å²) in [4.78, 5) is 34.9. The first-order chi connectivity index (χ1) is 14.7. The normalized spacial score (nSPS) is 16.3. The fourth-order valence-electron chi connectivity index (χ4n) is 3.52. The maximum Gasteiger partial charge on any atom is 0.266 e. The summed E-state index contributed by atoms with van der Waals surface area (Å²) in [5.41, 5.74) is 0.829. The van der Waals surface area contributed by atoms with E-state index in [1.165, 1.54) is 11.0 Å². The smallest absolute Gasteiger partial charge is 0.266 e. The van der Waals surface area contributed by atoms with Crippen molar-refractivity contribution in [3.63, 3.8) is 0 Å². The molecule has 30 heavy (non-hydrogen) atoms. The van der Waals surface area contributed by atoms with E-state index in [2.05, 4.69) is 25.5 Å². The second-order valence-corrected chi connectivity index (χ2v) is 7.67. The number of nitrogens with zero attached hydrogens (tertiary/aromatic N) is 7. The topological polar surface area (TPSA) is 111 Å². The Morgan fingerprint density at radius 2 is 2.00 bits per heavy atom. The fourth-order valence-corrected chi connectivity index (χ4v) is 3.52. The van der Waals surface area contributed by atoms with Gasteiger partial charge in [-0.25, -0.2) is 19.3 Å². The molecule has 3 aromatic heterocycles. The summed E-state index contributed by atoms with van der Waals surface area (Å²) < 4.78 is 3.11. The molecule has 5 rings (SSSR count). The van der Waals surface area contributed by atoms with Crippen LogP contribution in [0.4, 0.5) is 5.82 Å². The molecule has 0 radical (unpaired) electrons. The lowest BCUT2D eigenvalue weighted by Gasteiger charge is -2.39. The quantitative estimate of drug-likeness (QED) is 0.603. The zero-order valence-electron chi connectivity index (χ0n) is 16.4. The van der Waals surface area contributed by atoms with Crippen molar-refractivity contribution in [2.24, 2.45) is 5.92 Å². The van der Waals surface area contributed by atoms with Crippen molar-refractivity contribution in [3.05, 3.63) is 59.0 Å². The van der Waals surface area contributed by atoms with Gasteiger partial charge in [0.1, 0.15) is 12.1 Å². The van der Waals surface area contributed by atoms with Crippen LogP contribution in [0.1, 0.15) is 24.5 Å². The monoisotopic (exact) mass is 406 g/mol. The largest absolute Gasteiger partial charge is 0.355 e. The minimum Gasteiger partial charge on any atom is -0.355 e. The van der Waals surface area contributed by atoms with Crippen molar-refractivity contribution in [1.82, 2.24) is 34.8 Å². The minimum absolute atomic E-state index is 0.0148. The van der Waals surface area contributed by atoms with Gasteiger partial charge in [0.2, 0.25) is 5.91 Å². The highest BCUT2D eigenvalue weighted by Gasteiger charge is 2.33. The van der Waals surface area contributed by atoms with Crippen molar-refractivity contribution in [3.8, 4) is 5.82 Å². The van der Waals surface area contributed by atoms with Gasteiger partial charge in [-0.3, -0.25) is 9.59 Å². The second kappa shape index (κ2) is 7.69. The number of hydrogen-bond acceptors (Lipinski definition) is 7. The lowest BCUT2D eigenvalue weighted by atomic mass is 9.99. The summed E-state index contributed by atoms with van der Waals surface area (Å²) in [5.74, 6) is 1.83. The first-order valence-corrected chi connectivity index (χ1v) is 10.1. The van der Waals surface area contributed by atoms with Gasteiger partial charge in [0.15, 0.2) is 5.82 Å². The maximum absolute atomic E-state index is 12.4. The van der Waals surface area contributed by atoms with Crippen LogP contribution in [0.3, 0.4) is 0 Å². The van der Waals surface area contributed by atoms with Gasteiger partial charge in [-0.15, -0.1) is 0 Å². The molecule has 10 heteroatoms. The van der Waals surface area contributed by atoms with Crippen LogP contribution in [-0.4, -0.2) is 55.1 Å². The Labute approximate surface area is 172 Å².